The molecule has 0 atom stereocenters. The molecule has 0 saturated heterocycles. The second-order valence-corrected chi connectivity index (χ2v) is 3.77. The van der Waals surface area contributed by atoms with Crippen LogP contribution in [0.4, 0.5) is 0 Å². The maximum absolute atomic E-state index is 3.42. The summed E-state index contributed by atoms with van der Waals surface area (Å²) in [5.74, 6) is 0. The average molecular weight is 172 g/mol. The van der Waals surface area contributed by atoms with Crippen molar-refractivity contribution in [1.82, 2.24) is 10.2 Å². The highest BCUT2D eigenvalue weighted by Gasteiger charge is 1.96. The molecule has 0 unspecified atom stereocenters. The Balaban J connectivity index is 3.08. The van der Waals surface area contributed by atoms with Crippen molar-refractivity contribution in [3.63, 3.8) is 0 Å². The van der Waals surface area contributed by atoms with Gasteiger partial charge in [0.25, 0.3) is 0 Å². The molecule has 0 aliphatic heterocycles. The first-order valence-corrected chi connectivity index (χ1v) is 5.08. The molecule has 0 heterocycles. The van der Waals surface area contributed by atoms with Gasteiger partial charge in [0.15, 0.2) is 0 Å². The van der Waals surface area contributed by atoms with Gasteiger partial charge in [-0.25, -0.2) is 0 Å². The van der Waals surface area contributed by atoms with Crippen LogP contribution in [0.25, 0.3) is 0 Å². The maximum atomic E-state index is 3.42. The van der Waals surface area contributed by atoms with Crippen LogP contribution in [0.3, 0.4) is 0 Å². The molecule has 0 fully saturated rings. The Bertz CT molecular complexity index is 91.8. The van der Waals surface area contributed by atoms with Gasteiger partial charge in [-0.2, -0.15) is 0 Å². The van der Waals surface area contributed by atoms with E-state index in [9.17, 15) is 0 Å². The average Bonchev–Trinajstić information content (AvgIpc) is 1.98. The van der Waals surface area contributed by atoms with E-state index in [2.05, 4.69) is 38.0 Å². The van der Waals surface area contributed by atoms with E-state index in [1.54, 1.807) is 0 Å². The highest BCUT2D eigenvalue weighted by molar-refractivity contribution is 4.55. The van der Waals surface area contributed by atoms with Gasteiger partial charge >= 0.3 is 0 Å². The van der Waals surface area contributed by atoms with E-state index in [-0.39, 0.29) is 0 Å². The zero-order valence-corrected chi connectivity index (χ0v) is 9.06. The minimum Gasteiger partial charge on any atom is -0.314 e. The van der Waals surface area contributed by atoms with Crippen LogP contribution in [0.15, 0.2) is 0 Å². The predicted molar refractivity (Wildman–Crippen MR) is 55.5 cm³/mol. The molecule has 0 bridgehead atoms. The van der Waals surface area contributed by atoms with Crippen LogP contribution in [-0.4, -0.2) is 37.6 Å². The van der Waals surface area contributed by atoms with Crippen molar-refractivity contribution in [3.8, 4) is 0 Å². The molecule has 0 rings (SSSR count). The lowest BCUT2D eigenvalue weighted by Crippen LogP contribution is -2.28. The zero-order chi connectivity index (χ0) is 9.40. The van der Waals surface area contributed by atoms with E-state index in [1.165, 1.54) is 25.9 Å². The summed E-state index contributed by atoms with van der Waals surface area (Å²) in [6, 6.07) is 0.626. The summed E-state index contributed by atoms with van der Waals surface area (Å²) < 4.78 is 0. The first-order valence-electron chi connectivity index (χ1n) is 5.08. The Morgan fingerprint density at radius 3 is 2.42 bits per heavy atom. The van der Waals surface area contributed by atoms with Gasteiger partial charge in [-0.1, -0.05) is 20.8 Å². The molecule has 2 nitrogen and oxygen atoms in total. The van der Waals surface area contributed by atoms with Crippen molar-refractivity contribution in [2.45, 2.75) is 39.7 Å². The van der Waals surface area contributed by atoms with Crippen molar-refractivity contribution in [2.24, 2.45) is 0 Å². The second kappa shape index (κ2) is 7.56. The SMILES string of the molecule is CCCN(C)CCCNC(C)C. The molecule has 74 valence electrons. The summed E-state index contributed by atoms with van der Waals surface area (Å²) in [5.41, 5.74) is 0. The van der Waals surface area contributed by atoms with Crippen LogP contribution in [0, 0.1) is 0 Å². The van der Waals surface area contributed by atoms with Crippen LogP contribution >= 0.6 is 0 Å². The summed E-state index contributed by atoms with van der Waals surface area (Å²) in [4.78, 5) is 2.39. The van der Waals surface area contributed by atoms with Gasteiger partial charge in [0.2, 0.25) is 0 Å². The number of nitrogens with zero attached hydrogens (tertiary/aromatic N) is 1. The molecule has 0 aromatic carbocycles. The monoisotopic (exact) mass is 172 g/mol. The predicted octanol–water partition coefficient (Wildman–Crippen LogP) is 1.72. The zero-order valence-electron chi connectivity index (χ0n) is 9.06. The Hall–Kier alpha value is -0.0800. The Morgan fingerprint density at radius 1 is 1.25 bits per heavy atom. The summed E-state index contributed by atoms with van der Waals surface area (Å²) in [6.45, 7) is 10.2. The molecule has 0 aliphatic rings. The van der Waals surface area contributed by atoms with Gasteiger partial charge < -0.3 is 10.2 Å². The summed E-state index contributed by atoms with van der Waals surface area (Å²) >= 11 is 0. The Morgan fingerprint density at radius 2 is 1.92 bits per heavy atom. The van der Waals surface area contributed by atoms with Gasteiger partial charge in [0.05, 0.1) is 0 Å². The third-order valence-corrected chi connectivity index (χ3v) is 1.87. The topological polar surface area (TPSA) is 15.3 Å². The molecule has 2 heteroatoms. The molecular weight excluding hydrogens is 148 g/mol. The highest BCUT2D eigenvalue weighted by Crippen LogP contribution is 1.89. The van der Waals surface area contributed by atoms with Gasteiger partial charge in [-0.05, 0) is 39.5 Å². The fraction of sp³-hybridized carbons (Fsp3) is 1.00. The van der Waals surface area contributed by atoms with Crippen molar-refractivity contribution < 1.29 is 0 Å². The standard InChI is InChI=1S/C10H24N2/c1-5-8-12(4)9-6-7-11-10(2)3/h10-11H,5-9H2,1-4H3. The van der Waals surface area contributed by atoms with Gasteiger partial charge in [-0.15, -0.1) is 0 Å². The first-order chi connectivity index (χ1) is 5.66. The Kier molecular flexibility index (Phi) is 7.51. The molecule has 0 aromatic heterocycles. The first kappa shape index (κ1) is 11.9. The van der Waals surface area contributed by atoms with E-state index in [0.717, 1.165) is 6.54 Å². The van der Waals surface area contributed by atoms with Gasteiger partial charge in [0, 0.05) is 6.04 Å². The van der Waals surface area contributed by atoms with Crippen molar-refractivity contribution in [3.05, 3.63) is 0 Å². The van der Waals surface area contributed by atoms with Crippen molar-refractivity contribution in [2.75, 3.05) is 26.7 Å². The quantitative estimate of drug-likeness (QED) is 0.588. The number of nitrogens with one attached hydrogen (secondary N) is 1. The Labute approximate surface area is 77.3 Å². The molecule has 0 aromatic rings. The van der Waals surface area contributed by atoms with Crippen LogP contribution < -0.4 is 5.32 Å². The summed E-state index contributed by atoms with van der Waals surface area (Å²) in [6.07, 6.45) is 2.52. The number of hydrogen-bond donors (Lipinski definition) is 1. The van der Waals surface area contributed by atoms with E-state index < -0.39 is 0 Å². The van der Waals surface area contributed by atoms with Gasteiger partial charge in [-0.3, -0.25) is 0 Å². The van der Waals surface area contributed by atoms with E-state index in [1.807, 2.05) is 0 Å². The lowest BCUT2D eigenvalue weighted by atomic mass is 10.3. The largest absolute Gasteiger partial charge is 0.314 e. The summed E-state index contributed by atoms with van der Waals surface area (Å²) in [7, 11) is 2.19. The molecular formula is C10H24N2. The van der Waals surface area contributed by atoms with Gasteiger partial charge in [0.1, 0.15) is 0 Å². The van der Waals surface area contributed by atoms with Crippen molar-refractivity contribution >= 4 is 0 Å². The third-order valence-electron chi connectivity index (χ3n) is 1.87. The van der Waals surface area contributed by atoms with Crippen LogP contribution in [0.2, 0.25) is 0 Å². The van der Waals surface area contributed by atoms with Crippen molar-refractivity contribution in [1.29, 1.82) is 0 Å². The van der Waals surface area contributed by atoms with Crippen LogP contribution in [-0.2, 0) is 0 Å². The number of hydrogen-bond acceptors (Lipinski definition) is 2. The lowest BCUT2D eigenvalue weighted by Gasteiger charge is -2.15. The third kappa shape index (κ3) is 8.02. The minimum atomic E-state index is 0.626. The highest BCUT2D eigenvalue weighted by atomic mass is 15.1. The van der Waals surface area contributed by atoms with E-state index in [4.69, 9.17) is 0 Å². The normalized spacial score (nSPS) is 11.5. The molecule has 0 saturated carbocycles. The molecule has 1 N–H and O–H groups in total. The lowest BCUT2D eigenvalue weighted by molar-refractivity contribution is 0.325. The number of rotatable bonds is 7. The molecule has 0 aliphatic carbocycles. The second-order valence-electron chi connectivity index (χ2n) is 3.77. The maximum Gasteiger partial charge on any atom is 0.00103 e. The van der Waals surface area contributed by atoms with E-state index in [0.29, 0.717) is 6.04 Å². The molecule has 0 amide bonds. The molecule has 0 radical (unpaired) electrons. The molecule has 12 heavy (non-hydrogen) atoms. The smallest absolute Gasteiger partial charge is 0.00103 e. The van der Waals surface area contributed by atoms with E-state index >= 15 is 0 Å². The molecule has 0 spiro atoms. The minimum absolute atomic E-state index is 0.626. The fourth-order valence-corrected chi connectivity index (χ4v) is 1.23. The van der Waals surface area contributed by atoms with Crippen LogP contribution in [0.5, 0.6) is 0 Å². The summed E-state index contributed by atoms with van der Waals surface area (Å²) in [5, 5.41) is 3.42. The van der Waals surface area contributed by atoms with Crippen LogP contribution in [0.1, 0.15) is 33.6 Å². The fourth-order valence-electron chi connectivity index (χ4n) is 1.23.